The standard InChI is InChI=1S/C16H23N5O2/c1-3-22-12(2)16-19-15(23-20-16)11-21-8-7-18-10-14(21)13-5-4-6-17-9-13/h4-6,9,12,14,18H,3,7-8,10-11H2,1-2H3. The Balaban J connectivity index is 1.70. The van der Waals surface area contributed by atoms with Gasteiger partial charge >= 0.3 is 0 Å². The van der Waals surface area contributed by atoms with Gasteiger partial charge in [0.1, 0.15) is 6.10 Å². The first-order chi connectivity index (χ1) is 11.3. The van der Waals surface area contributed by atoms with E-state index in [-0.39, 0.29) is 12.1 Å². The molecule has 0 amide bonds. The Morgan fingerprint density at radius 2 is 2.43 bits per heavy atom. The zero-order chi connectivity index (χ0) is 16.1. The Labute approximate surface area is 136 Å². The van der Waals surface area contributed by atoms with Crippen LogP contribution >= 0.6 is 0 Å². The third-order valence-electron chi connectivity index (χ3n) is 4.03. The fraction of sp³-hybridized carbons (Fsp3) is 0.562. The third-order valence-corrected chi connectivity index (χ3v) is 4.03. The second kappa shape index (κ2) is 7.63. The van der Waals surface area contributed by atoms with E-state index in [0.717, 1.165) is 19.6 Å². The smallest absolute Gasteiger partial charge is 0.240 e. The largest absolute Gasteiger partial charge is 0.371 e. The van der Waals surface area contributed by atoms with Crippen LogP contribution in [0.2, 0.25) is 0 Å². The SMILES string of the molecule is CCOC(C)c1noc(CN2CCNCC2c2cccnc2)n1. The molecule has 2 aromatic rings. The van der Waals surface area contributed by atoms with Crippen LogP contribution in [0.3, 0.4) is 0 Å². The summed E-state index contributed by atoms with van der Waals surface area (Å²) in [6.45, 7) is 7.92. The molecule has 2 atom stereocenters. The predicted molar refractivity (Wildman–Crippen MR) is 84.6 cm³/mol. The zero-order valence-corrected chi connectivity index (χ0v) is 13.6. The van der Waals surface area contributed by atoms with Gasteiger partial charge in [-0.05, 0) is 25.5 Å². The summed E-state index contributed by atoms with van der Waals surface area (Å²) in [5.41, 5.74) is 1.20. The normalized spacial score (nSPS) is 20.5. The summed E-state index contributed by atoms with van der Waals surface area (Å²) in [7, 11) is 0. The van der Waals surface area contributed by atoms with Gasteiger partial charge in [-0.2, -0.15) is 4.98 Å². The quantitative estimate of drug-likeness (QED) is 0.869. The molecule has 1 N–H and O–H groups in total. The van der Waals surface area contributed by atoms with E-state index >= 15 is 0 Å². The third kappa shape index (κ3) is 3.93. The van der Waals surface area contributed by atoms with E-state index in [1.165, 1.54) is 5.56 Å². The fourth-order valence-electron chi connectivity index (χ4n) is 2.83. The summed E-state index contributed by atoms with van der Waals surface area (Å²) in [6.07, 6.45) is 3.57. The number of piperazine rings is 1. The molecule has 1 fully saturated rings. The molecule has 3 rings (SSSR count). The highest BCUT2D eigenvalue weighted by Gasteiger charge is 2.26. The highest BCUT2D eigenvalue weighted by molar-refractivity contribution is 5.15. The van der Waals surface area contributed by atoms with E-state index < -0.39 is 0 Å². The van der Waals surface area contributed by atoms with Crippen molar-refractivity contribution in [3.05, 3.63) is 41.8 Å². The van der Waals surface area contributed by atoms with Gasteiger partial charge in [-0.25, -0.2) is 0 Å². The van der Waals surface area contributed by atoms with Crippen molar-refractivity contribution in [2.75, 3.05) is 26.2 Å². The van der Waals surface area contributed by atoms with E-state index in [4.69, 9.17) is 9.26 Å². The first-order valence-corrected chi connectivity index (χ1v) is 8.06. The zero-order valence-electron chi connectivity index (χ0n) is 13.6. The van der Waals surface area contributed by atoms with E-state index in [1.54, 1.807) is 6.20 Å². The molecule has 0 bridgehead atoms. The van der Waals surface area contributed by atoms with Gasteiger partial charge in [-0.3, -0.25) is 9.88 Å². The van der Waals surface area contributed by atoms with Crippen LogP contribution in [-0.2, 0) is 11.3 Å². The van der Waals surface area contributed by atoms with E-state index in [0.29, 0.717) is 24.9 Å². The Morgan fingerprint density at radius 1 is 1.52 bits per heavy atom. The maximum absolute atomic E-state index is 5.50. The highest BCUT2D eigenvalue weighted by Crippen LogP contribution is 2.23. The van der Waals surface area contributed by atoms with Gasteiger partial charge < -0.3 is 14.6 Å². The Bertz CT molecular complexity index is 604. The summed E-state index contributed by atoms with van der Waals surface area (Å²) in [6, 6.07) is 4.34. The first-order valence-electron chi connectivity index (χ1n) is 8.06. The van der Waals surface area contributed by atoms with Gasteiger partial charge in [0.05, 0.1) is 6.54 Å². The lowest BCUT2D eigenvalue weighted by Gasteiger charge is -2.35. The van der Waals surface area contributed by atoms with Crippen molar-refractivity contribution in [3.8, 4) is 0 Å². The molecule has 1 aliphatic rings. The van der Waals surface area contributed by atoms with Crippen molar-refractivity contribution in [1.29, 1.82) is 0 Å². The van der Waals surface area contributed by atoms with Crippen molar-refractivity contribution >= 4 is 0 Å². The number of hydrogen-bond donors (Lipinski definition) is 1. The predicted octanol–water partition coefficient (Wildman–Crippen LogP) is 1.71. The summed E-state index contributed by atoms with van der Waals surface area (Å²) in [4.78, 5) is 11.0. The van der Waals surface area contributed by atoms with Crippen molar-refractivity contribution in [3.63, 3.8) is 0 Å². The van der Waals surface area contributed by atoms with Crippen LogP contribution in [0.4, 0.5) is 0 Å². The van der Waals surface area contributed by atoms with Crippen molar-refractivity contribution in [2.45, 2.75) is 32.5 Å². The van der Waals surface area contributed by atoms with Crippen LogP contribution in [0.1, 0.15) is 43.3 Å². The number of nitrogens with one attached hydrogen (secondary N) is 1. The van der Waals surface area contributed by atoms with Gasteiger partial charge in [0.2, 0.25) is 5.89 Å². The number of pyridine rings is 1. The van der Waals surface area contributed by atoms with Gasteiger partial charge in [0, 0.05) is 44.7 Å². The van der Waals surface area contributed by atoms with Gasteiger partial charge in [0.25, 0.3) is 0 Å². The molecule has 0 saturated carbocycles. The van der Waals surface area contributed by atoms with Crippen LogP contribution in [0, 0.1) is 0 Å². The minimum Gasteiger partial charge on any atom is -0.371 e. The average Bonchev–Trinajstić information content (AvgIpc) is 3.05. The summed E-state index contributed by atoms with van der Waals surface area (Å²) >= 11 is 0. The van der Waals surface area contributed by atoms with Crippen LogP contribution in [-0.4, -0.2) is 46.3 Å². The first kappa shape index (κ1) is 16.0. The van der Waals surface area contributed by atoms with E-state index in [1.807, 2.05) is 26.1 Å². The van der Waals surface area contributed by atoms with E-state index in [2.05, 4.69) is 31.4 Å². The maximum Gasteiger partial charge on any atom is 0.240 e. The Morgan fingerprint density at radius 3 is 3.22 bits per heavy atom. The van der Waals surface area contributed by atoms with Crippen molar-refractivity contribution < 1.29 is 9.26 Å². The molecule has 1 saturated heterocycles. The molecule has 2 aromatic heterocycles. The molecule has 7 heteroatoms. The summed E-state index contributed by atoms with van der Waals surface area (Å²) in [5.74, 6) is 1.23. The number of rotatable bonds is 6. The number of nitrogens with zero attached hydrogens (tertiary/aromatic N) is 4. The molecule has 1 aliphatic heterocycles. The monoisotopic (exact) mass is 317 g/mol. The summed E-state index contributed by atoms with van der Waals surface area (Å²) < 4.78 is 10.9. The van der Waals surface area contributed by atoms with Crippen molar-refractivity contribution in [2.24, 2.45) is 0 Å². The van der Waals surface area contributed by atoms with Crippen LogP contribution in [0.25, 0.3) is 0 Å². The molecule has 2 unspecified atom stereocenters. The number of aromatic nitrogens is 3. The molecule has 0 aliphatic carbocycles. The number of hydrogen-bond acceptors (Lipinski definition) is 7. The van der Waals surface area contributed by atoms with Gasteiger partial charge in [-0.1, -0.05) is 11.2 Å². The minimum atomic E-state index is -0.144. The molecule has 124 valence electrons. The van der Waals surface area contributed by atoms with E-state index in [9.17, 15) is 0 Å². The molecule has 0 radical (unpaired) electrons. The molecule has 3 heterocycles. The number of ether oxygens (including phenoxy) is 1. The van der Waals surface area contributed by atoms with Gasteiger partial charge in [-0.15, -0.1) is 0 Å². The molecular weight excluding hydrogens is 294 g/mol. The maximum atomic E-state index is 5.50. The second-order valence-corrected chi connectivity index (χ2v) is 5.62. The molecule has 0 aromatic carbocycles. The van der Waals surface area contributed by atoms with Crippen LogP contribution in [0.5, 0.6) is 0 Å². The fourth-order valence-corrected chi connectivity index (χ4v) is 2.83. The Kier molecular flexibility index (Phi) is 5.32. The molecule has 7 nitrogen and oxygen atoms in total. The lowest BCUT2D eigenvalue weighted by atomic mass is 10.1. The van der Waals surface area contributed by atoms with Gasteiger partial charge in [0.15, 0.2) is 5.82 Å². The summed E-state index contributed by atoms with van der Waals surface area (Å²) in [5, 5.41) is 7.47. The van der Waals surface area contributed by atoms with Crippen molar-refractivity contribution in [1.82, 2.24) is 25.3 Å². The minimum absolute atomic E-state index is 0.144. The Hall–Kier alpha value is -1.83. The lowest BCUT2D eigenvalue weighted by Crippen LogP contribution is -2.45. The lowest BCUT2D eigenvalue weighted by molar-refractivity contribution is 0.0683. The van der Waals surface area contributed by atoms with Crippen LogP contribution in [0.15, 0.2) is 29.0 Å². The average molecular weight is 317 g/mol. The second-order valence-electron chi connectivity index (χ2n) is 5.62. The van der Waals surface area contributed by atoms with Crippen LogP contribution < -0.4 is 5.32 Å². The molecule has 23 heavy (non-hydrogen) atoms. The molecule has 0 spiro atoms. The molecular formula is C16H23N5O2. The highest BCUT2D eigenvalue weighted by atomic mass is 16.5. The topological polar surface area (TPSA) is 76.3 Å².